The van der Waals surface area contributed by atoms with Crippen LogP contribution in [-0.4, -0.2) is 13.1 Å². The molecule has 0 aliphatic rings. The zero-order chi connectivity index (χ0) is 17.2. The van der Waals surface area contributed by atoms with Gasteiger partial charge in [-0.1, -0.05) is 103 Å². The highest BCUT2D eigenvalue weighted by Gasteiger charge is 2.12. The van der Waals surface area contributed by atoms with Gasteiger partial charge in [-0.05, 0) is 29.7 Å². The van der Waals surface area contributed by atoms with Crippen molar-refractivity contribution in [1.82, 2.24) is 5.32 Å². The molecule has 0 atom stereocenters. The van der Waals surface area contributed by atoms with Gasteiger partial charge in [0.2, 0.25) is 0 Å². The monoisotopic (exact) mass is 327 g/mol. The normalized spacial score (nSPS) is 11.2. The van der Waals surface area contributed by atoms with Crippen molar-refractivity contribution in [1.29, 1.82) is 0 Å². The van der Waals surface area contributed by atoms with Gasteiger partial charge in [-0.3, -0.25) is 0 Å². The van der Waals surface area contributed by atoms with Crippen molar-refractivity contribution in [2.45, 2.75) is 12.3 Å². The molecule has 0 aliphatic carbocycles. The van der Waals surface area contributed by atoms with Crippen molar-refractivity contribution in [3.05, 3.63) is 114 Å². The van der Waals surface area contributed by atoms with E-state index in [1.807, 2.05) is 6.07 Å². The molecule has 0 saturated carbocycles. The second-order valence-corrected chi connectivity index (χ2v) is 6.18. The Balaban J connectivity index is 1.54. The lowest BCUT2D eigenvalue weighted by molar-refractivity contribution is 0.641. The average molecular weight is 327 g/mol. The maximum absolute atomic E-state index is 3.54. The topological polar surface area (TPSA) is 12.0 Å². The summed E-state index contributed by atoms with van der Waals surface area (Å²) in [5, 5.41) is 3.54. The van der Waals surface area contributed by atoms with Crippen LogP contribution in [0, 0.1) is 0 Å². The van der Waals surface area contributed by atoms with Crippen molar-refractivity contribution in [3.63, 3.8) is 0 Å². The summed E-state index contributed by atoms with van der Waals surface area (Å²) in [5.74, 6) is 0.438. The summed E-state index contributed by atoms with van der Waals surface area (Å²) in [4.78, 5) is 0. The molecule has 1 nitrogen and oxygen atoms in total. The summed E-state index contributed by atoms with van der Waals surface area (Å²) in [5.41, 5.74) is 4.02. The molecule has 0 aliphatic heterocycles. The van der Waals surface area contributed by atoms with Gasteiger partial charge in [0.05, 0.1) is 0 Å². The maximum atomic E-state index is 3.54. The first-order valence-corrected chi connectivity index (χ1v) is 8.96. The molecule has 0 amide bonds. The molecule has 0 unspecified atom stereocenters. The van der Waals surface area contributed by atoms with Crippen LogP contribution in [0.15, 0.2) is 97.1 Å². The molecule has 1 N–H and O–H groups in total. The smallest absolute Gasteiger partial charge is 0.0138 e. The molecule has 1 heteroatoms. The molecule has 0 heterocycles. The predicted octanol–water partition coefficient (Wildman–Crippen LogP) is 5.51. The fourth-order valence-corrected chi connectivity index (χ4v) is 3.09. The number of nitrogens with one attached hydrogen (secondary N) is 1. The third-order valence-electron chi connectivity index (χ3n) is 4.39. The van der Waals surface area contributed by atoms with Gasteiger partial charge in [0.1, 0.15) is 0 Å². The molecule has 25 heavy (non-hydrogen) atoms. The molecule has 3 rings (SSSR count). The summed E-state index contributed by atoms with van der Waals surface area (Å²) >= 11 is 0. The minimum atomic E-state index is 0.438. The van der Waals surface area contributed by atoms with E-state index in [1.165, 1.54) is 16.7 Å². The number of hydrogen-bond donors (Lipinski definition) is 1. The highest BCUT2D eigenvalue weighted by Crippen LogP contribution is 2.27. The first-order valence-electron chi connectivity index (χ1n) is 8.96. The van der Waals surface area contributed by atoms with E-state index in [1.54, 1.807) is 0 Å². The maximum Gasteiger partial charge on any atom is 0.0138 e. The summed E-state index contributed by atoms with van der Waals surface area (Å²) in [6.07, 6.45) is 5.45. The van der Waals surface area contributed by atoms with E-state index in [9.17, 15) is 0 Å². The SMILES string of the molecule is C(=C\c1ccccc1)/CNCCC(c1ccccc1)c1ccccc1. The zero-order valence-corrected chi connectivity index (χ0v) is 14.5. The van der Waals surface area contributed by atoms with Crippen molar-refractivity contribution in [3.8, 4) is 0 Å². The van der Waals surface area contributed by atoms with Crippen molar-refractivity contribution >= 4 is 6.08 Å². The Kier molecular flexibility index (Phi) is 6.61. The number of benzene rings is 3. The molecule has 3 aromatic carbocycles. The summed E-state index contributed by atoms with van der Waals surface area (Å²) in [6.45, 7) is 1.89. The van der Waals surface area contributed by atoms with Crippen LogP contribution in [0.4, 0.5) is 0 Å². The Hall–Kier alpha value is -2.64. The first kappa shape index (κ1) is 17.2. The summed E-state index contributed by atoms with van der Waals surface area (Å²) in [6, 6.07) is 32.0. The van der Waals surface area contributed by atoms with Crippen LogP contribution in [0.5, 0.6) is 0 Å². The van der Waals surface area contributed by atoms with E-state index in [-0.39, 0.29) is 0 Å². The van der Waals surface area contributed by atoms with Crippen molar-refractivity contribution < 1.29 is 0 Å². The molecular formula is C24H25N. The Morgan fingerprint density at radius 1 is 0.680 bits per heavy atom. The third kappa shape index (κ3) is 5.44. The Bertz CT molecular complexity index is 708. The van der Waals surface area contributed by atoms with E-state index >= 15 is 0 Å². The van der Waals surface area contributed by atoms with Crippen molar-refractivity contribution in [2.24, 2.45) is 0 Å². The molecule has 126 valence electrons. The van der Waals surface area contributed by atoms with Crippen LogP contribution in [-0.2, 0) is 0 Å². The second-order valence-electron chi connectivity index (χ2n) is 6.18. The van der Waals surface area contributed by atoms with Crippen LogP contribution in [0.2, 0.25) is 0 Å². The van der Waals surface area contributed by atoms with Gasteiger partial charge in [0, 0.05) is 12.5 Å². The van der Waals surface area contributed by atoms with Gasteiger partial charge in [0.15, 0.2) is 0 Å². The van der Waals surface area contributed by atoms with Crippen LogP contribution < -0.4 is 5.32 Å². The van der Waals surface area contributed by atoms with E-state index < -0.39 is 0 Å². The van der Waals surface area contributed by atoms with Crippen LogP contribution >= 0.6 is 0 Å². The highest BCUT2D eigenvalue weighted by atomic mass is 14.8. The van der Waals surface area contributed by atoms with Gasteiger partial charge in [-0.25, -0.2) is 0 Å². The quantitative estimate of drug-likeness (QED) is 0.538. The summed E-state index contributed by atoms with van der Waals surface area (Å²) in [7, 11) is 0. The molecule has 0 bridgehead atoms. The molecular weight excluding hydrogens is 302 g/mol. The predicted molar refractivity (Wildman–Crippen MR) is 108 cm³/mol. The lowest BCUT2D eigenvalue weighted by atomic mass is 9.88. The molecule has 3 aromatic rings. The fourth-order valence-electron chi connectivity index (χ4n) is 3.09. The molecule has 0 spiro atoms. The van der Waals surface area contributed by atoms with Gasteiger partial charge >= 0.3 is 0 Å². The Morgan fingerprint density at radius 3 is 1.76 bits per heavy atom. The first-order chi connectivity index (χ1) is 12.4. The van der Waals surface area contributed by atoms with Crippen LogP contribution in [0.3, 0.4) is 0 Å². The van der Waals surface area contributed by atoms with Crippen LogP contribution in [0.25, 0.3) is 6.08 Å². The van der Waals surface area contributed by atoms with Gasteiger partial charge in [-0.15, -0.1) is 0 Å². The Labute approximate surface area is 151 Å². The van der Waals surface area contributed by atoms with E-state index in [0.29, 0.717) is 5.92 Å². The molecule has 0 radical (unpaired) electrons. The molecule has 0 saturated heterocycles. The van der Waals surface area contributed by atoms with E-state index in [2.05, 4.69) is 102 Å². The molecule has 0 fully saturated rings. The van der Waals surface area contributed by atoms with Gasteiger partial charge in [0.25, 0.3) is 0 Å². The zero-order valence-electron chi connectivity index (χ0n) is 14.5. The van der Waals surface area contributed by atoms with Gasteiger partial charge in [-0.2, -0.15) is 0 Å². The standard InChI is InChI=1S/C24H25N/c1-4-11-21(12-5-1)13-10-19-25-20-18-24(22-14-6-2-7-15-22)23-16-8-3-9-17-23/h1-17,24-25H,18-20H2/b13-10+. The second kappa shape index (κ2) is 9.61. The Morgan fingerprint density at radius 2 is 1.20 bits per heavy atom. The minimum Gasteiger partial charge on any atom is -0.313 e. The highest BCUT2D eigenvalue weighted by molar-refractivity contribution is 5.48. The summed E-state index contributed by atoms with van der Waals surface area (Å²) < 4.78 is 0. The van der Waals surface area contributed by atoms with Crippen molar-refractivity contribution in [2.75, 3.05) is 13.1 Å². The van der Waals surface area contributed by atoms with Crippen LogP contribution in [0.1, 0.15) is 29.0 Å². The fraction of sp³-hybridized carbons (Fsp3) is 0.167. The van der Waals surface area contributed by atoms with Gasteiger partial charge < -0.3 is 5.32 Å². The molecule has 0 aromatic heterocycles. The number of hydrogen-bond acceptors (Lipinski definition) is 1. The average Bonchev–Trinajstić information content (AvgIpc) is 2.69. The lowest BCUT2D eigenvalue weighted by Gasteiger charge is -2.18. The third-order valence-corrected chi connectivity index (χ3v) is 4.39. The lowest BCUT2D eigenvalue weighted by Crippen LogP contribution is -2.18. The number of rotatable bonds is 8. The van der Waals surface area contributed by atoms with E-state index in [4.69, 9.17) is 0 Å². The van der Waals surface area contributed by atoms with E-state index in [0.717, 1.165) is 19.5 Å². The minimum absolute atomic E-state index is 0.438. The largest absolute Gasteiger partial charge is 0.313 e.